The molecule has 1 atom stereocenters. The zero-order valence-electron chi connectivity index (χ0n) is 9.83. The van der Waals surface area contributed by atoms with Gasteiger partial charge in [0.25, 0.3) is 0 Å². The van der Waals surface area contributed by atoms with Crippen molar-refractivity contribution < 1.29 is 4.79 Å². The van der Waals surface area contributed by atoms with Gasteiger partial charge in [0.2, 0.25) is 5.91 Å². The standard InChI is InChI=1S/C12H17ClN2O/c1-9(15(3)12(16)8-14-2)10-6-4-5-7-11(10)13/h4-7,9,14H,8H2,1-3H3. The molecule has 0 aliphatic heterocycles. The molecule has 16 heavy (non-hydrogen) atoms. The second-order valence-electron chi connectivity index (χ2n) is 3.73. The molecule has 0 aliphatic carbocycles. The third-order valence-corrected chi connectivity index (χ3v) is 3.00. The van der Waals surface area contributed by atoms with Gasteiger partial charge in [-0.25, -0.2) is 0 Å². The first kappa shape index (κ1) is 13.0. The maximum Gasteiger partial charge on any atom is 0.236 e. The van der Waals surface area contributed by atoms with E-state index in [1.807, 2.05) is 31.2 Å². The molecule has 0 fully saturated rings. The Morgan fingerprint density at radius 2 is 2.12 bits per heavy atom. The van der Waals surface area contributed by atoms with Crippen LogP contribution in [0.15, 0.2) is 24.3 Å². The van der Waals surface area contributed by atoms with E-state index in [9.17, 15) is 4.79 Å². The Morgan fingerprint density at radius 3 is 2.69 bits per heavy atom. The summed E-state index contributed by atoms with van der Waals surface area (Å²) in [5.74, 6) is 0.0509. The summed E-state index contributed by atoms with van der Waals surface area (Å²) in [7, 11) is 3.54. The normalized spacial score (nSPS) is 12.2. The maximum absolute atomic E-state index is 11.7. The first-order valence-corrected chi connectivity index (χ1v) is 5.60. The van der Waals surface area contributed by atoms with Crippen molar-refractivity contribution in [3.05, 3.63) is 34.9 Å². The van der Waals surface area contributed by atoms with E-state index in [4.69, 9.17) is 11.6 Å². The number of nitrogens with zero attached hydrogens (tertiary/aromatic N) is 1. The number of carbonyl (C=O) groups is 1. The summed E-state index contributed by atoms with van der Waals surface area (Å²) >= 11 is 6.09. The Hall–Kier alpha value is -1.06. The van der Waals surface area contributed by atoms with Crippen LogP contribution in [0.4, 0.5) is 0 Å². The van der Waals surface area contributed by atoms with E-state index in [1.54, 1.807) is 19.0 Å². The molecule has 88 valence electrons. The van der Waals surface area contributed by atoms with E-state index in [2.05, 4.69) is 5.32 Å². The number of carbonyl (C=O) groups excluding carboxylic acids is 1. The van der Waals surface area contributed by atoms with Crippen molar-refractivity contribution in [3.63, 3.8) is 0 Å². The van der Waals surface area contributed by atoms with E-state index < -0.39 is 0 Å². The lowest BCUT2D eigenvalue weighted by Crippen LogP contribution is -2.36. The molecular weight excluding hydrogens is 224 g/mol. The summed E-state index contributed by atoms with van der Waals surface area (Å²) in [6.45, 7) is 2.31. The van der Waals surface area contributed by atoms with Gasteiger partial charge in [-0.05, 0) is 25.6 Å². The molecule has 1 aromatic carbocycles. The van der Waals surface area contributed by atoms with E-state index >= 15 is 0 Å². The highest BCUT2D eigenvalue weighted by molar-refractivity contribution is 6.31. The molecular formula is C12H17ClN2O. The lowest BCUT2D eigenvalue weighted by molar-refractivity contribution is -0.130. The summed E-state index contributed by atoms with van der Waals surface area (Å²) in [4.78, 5) is 13.4. The summed E-state index contributed by atoms with van der Waals surface area (Å²) < 4.78 is 0. The summed E-state index contributed by atoms with van der Waals surface area (Å²) in [5, 5.41) is 3.54. The van der Waals surface area contributed by atoms with Gasteiger partial charge in [0, 0.05) is 12.1 Å². The van der Waals surface area contributed by atoms with Gasteiger partial charge in [-0.1, -0.05) is 29.8 Å². The molecule has 0 aromatic heterocycles. The van der Waals surface area contributed by atoms with Crippen LogP contribution in [0, 0.1) is 0 Å². The van der Waals surface area contributed by atoms with Crippen LogP contribution >= 0.6 is 11.6 Å². The fourth-order valence-electron chi connectivity index (χ4n) is 1.51. The Balaban J connectivity index is 2.82. The van der Waals surface area contributed by atoms with Gasteiger partial charge in [0.1, 0.15) is 0 Å². The summed E-state index contributed by atoms with van der Waals surface area (Å²) in [6.07, 6.45) is 0. The SMILES string of the molecule is CNCC(=O)N(C)C(C)c1ccccc1Cl. The van der Waals surface area contributed by atoms with Crippen molar-refractivity contribution in [1.82, 2.24) is 10.2 Å². The lowest BCUT2D eigenvalue weighted by atomic mass is 10.1. The molecule has 1 N–H and O–H groups in total. The molecule has 0 bridgehead atoms. The van der Waals surface area contributed by atoms with E-state index in [1.165, 1.54) is 0 Å². The molecule has 1 rings (SSSR count). The number of nitrogens with one attached hydrogen (secondary N) is 1. The molecule has 0 saturated carbocycles. The third-order valence-electron chi connectivity index (χ3n) is 2.66. The predicted molar refractivity (Wildman–Crippen MR) is 66.6 cm³/mol. The molecule has 0 heterocycles. The van der Waals surface area contributed by atoms with Crippen LogP contribution in [0.2, 0.25) is 5.02 Å². The maximum atomic E-state index is 11.7. The fraction of sp³-hybridized carbons (Fsp3) is 0.417. The number of rotatable bonds is 4. The van der Waals surface area contributed by atoms with Crippen LogP contribution < -0.4 is 5.32 Å². The van der Waals surface area contributed by atoms with E-state index in [0.717, 1.165) is 5.56 Å². The predicted octanol–water partition coefficient (Wildman–Crippen LogP) is 2.08. The van der Waals surface area contributed by atoms with Gasteiger partial charge < -0.3 is 10.2 Å². The van der Waals surface area contributed by atoms with Crippen LogP contribution in [-0.2, 0) is 4.79 Å². The average molecular weight is 241 g/mol. The Morgan fingerprint density at radius 1 is 1.50 bits per heavy atom. The second kappa shape index (κ2) is 5.87. The molecule has 1 amide bonds. The zero-order chi connectivity index (χ0) is 12.1. The topological polar surface area (TPSA) is 32.3 Å². The van der Waals surface area contributed by atoms with Crippen LogP contribution in [-0.4, -0.2) is 31.4 Å². The smallest absolute Gasteiger partial charge is 0.236 e. The van der Waals surface area contributed by atoms with E-state index in [0.29, 0.717) is 11.6 Å². The van der Waals surface area contributed by atoms with Gasteiger partial charge >= 0.3 is 0 Å². The highest BCUT2D eigenvalue weighted by Gasteiger charge is 2.18. The van der Waals surface area contributed by atoms with Crippen molar-refractivity contribution in [1.29, 1.82) is 0 Å². The minimum absolute atomic E-state index is 0.0189. The molecule has 1 aromatic rings. The van der Waals surface area contributed by atoms with E-state index in [-0.39, 0.29) is 11.9 Å². The van der Waals surface area contributed by atoms with Gasteiger partial charge in [-0.3, -0.25) is 4.79 Å². The van der Waals surface area contributed by atoms with Gasteiger partial charge in [-0.2, -0.15) is 0 Å². The van der Waals surface area contributed by atoms with Crippen molar-refractivity contribution in [2.45, 2.75) is 13.0 Å². The number of hydrogen-bond donors (Lipinski definition) is 1. The number of amides is 1. The molecule has 0 saturated heterocycles. The minimum Gasteiger partial charge on any atom is -0.338 e. The second-order valence-corrected chi connectivity index (χ2v) is 4.14. The van der Waals surface area contributed by atoms with Crippen molar-refractivity contribution in [2.24, 2.45) is 0 Å². The summed E-state index contributed by atoms with van der Waals surface area (Å²) in [6, 6.07) is 7.57. The molecule has 0 spiro atoms. The fourth-order valence-corrected chi connectivity index (χ4v) is 1.81. The highest BCUT2D eigenvalue weighted by Crippen LogP contribution is 2.25. The minimum atomic E-state index is -0.0189. The summed E-state index contributed by atoms with van der Waals surface area (Å²) in [5.41, 5.74) is 0.969. The van der Waals surface area contributed by atoms with Crippen molar-refractivity contribution in [3.8, 4) is 0 Å². The molecule has 0 aliphatic rings. The Labute approximate surface area is 101 Å². The van der Waals surface area contributed by atoms with Crippen molar-refractivity contribution >= 4 is 17.5 Å². The van der Waals surface area contributed by atoms with Crippen LogP contribution in [0.5, 0.6) is 0 Å². The quantitative estimate of drug-likeness (QED) is 0.874. The van der Waals surface area contributed by atoms with Crippen LogP contribution in [0.3, 0.4) is 0 Å². The van der Waals surface area contributed by atoms with Gasteiger partial charge in [0.15, 0.2) is 0 Å². The molecule has 3 nitrogen and oxygen atoms in total. The lowest BCUT2D eigenvalue weighted by Gasteiger charge is -2.26. The third kappa shape index (κ3) is 2.97. The zero-order valence-corrected chi connectivity index (χ0v) is 10.6. The van der Waals surface area contributed by atoms with Crippen molar-refractivity contribution in [2.75, 3.05) is 20.6 Å². The number of halogens is 1. The first-order chi connectivity index (χ1) is 7.57. The number of hydrogen-bond acceptors (Lipinski definition) is 2. The Bertz CT molecular complexity index is 368. The van der Waals surface area contributed by atoms with Gasteiger partial charge in [-0.15, -0.1) is 0 Å². The van der Waals surface area contributed by atoms with Crippen LogP contribution in [0.1, 0.15) is 18.5 Å². The monoisotopic (exact) mass is 240 g/mol. The van der Waals surface area contributed by atoms with Gasteiger partial charge in [0.05, 0.1) is 12.6 Å². The number of benzene rings is 1. The number of likely N-dealkylation sites (N-methyl/N-ethyl adjacent to an activating group) is 2. The Kier molecular flexibility index (Phi) is 4.77. The first-order valence-electron chi connectivity index (χ1n) is 5.22. The largest absolute Gasteiger partial charge is 0.338 e. The average Bonchev–Trinajstić information content (AvgIpc) is 2.28. The van der Waals surface area contributed by atoms with Crippen LogP contribution in [0.25, 0.3) is 0 Å². The molecule has 1 unspecified atom stereocenters. The molecule has 0 radical (unpaired) electrons. The molecule has 4 heteroatoms. The highest BCUT2D eigenvalue weighted by atomic mass is 35.5.